The Morgan fingerprint density at radius 1 is 1.14 bits per heavy atom. The molecule has 0 amide bonds. The fourth-order valence-corrected chi connectivity index (χ4v) is 3.81. The van der Waals surface area contributed by atoms with Gasteiger partial charge in [-0.3, -0.25) is 0 Å². The Morgan fingerprint density at radius 2 is 2.00 bits per heavy atom. The lowest BCUT2D eigenvalue weighted by molar-refractivity contribution is 0.455. The van der Waals surface area contributed by atoms with E-state index in [1.54, 1.807) is 12.4 Å². The minimum atomic E-state index is -0.0279. The number of imidazole rings is 1. The SMILES string of the molecule is Cl.Cl.Oc1nc(N[C@H]2CCCc3ccccc32)[nH]c1C=C1C=Nc2ncccc21. The van der Waals surface area contributed by atoms with Crippen LogP contribution in [-0.4, -0.2) is 26.3 Å². The monoisotopic (exact) mass is 429 g/mol. The number of aromatic amines is 1. The zero-order valence-corrected chi connectivity index (χ0v) is 17.1. The summed E-state index contributed by atoms with van der Waals surface area (Å²) in [7, 11) is 0. The molecule has 0 radical (unpaired) electrons. The van der Waals surface area contributed by atoms with Gasteiger partial charge in [-0.1, -0.05) is 24.3 Å². The molecule has 0 fully saturated rings. The van der Waals surface area contributed by atoms with E-state index < -0.39 is 0 Å². The number of nitrogens with one attached hydrogen (secondary N) is 2. The number of aliphatic imine (C=N–C) groups is 1. The van der Waals surface area contributed by atoms with Gasteiger partial charge in [-0.15, -0.1) is 24.8 Å². The number of aryl methyl sites for hydroxylation is 1. The van der Waals surface area contributed by atoms with Crippen molar-refractivity contribution in [2.24, 2.45) is 4.99 Å². The third kappa shape index (κ3) is 3.99. The van der Waals surface area contributed by atoms with Crippen molar-refractivity contribution in [3.05, 3.63) is 65.0 Å². The molecule has 150 valence electrons. The topological polar surface area (TPSA) is 86.2 Å². The minimum absolute atomic E-state index is 0. The quantitative estimate of drug-likeness (QED) is 0.540. The molecule has 1 aliphatic carbocycles. The number of anilines is 1. The lowest BCUT2D eigenvalue weighted by Crippen LogP contribution is -2.17. The van der Waals surface area contributed by atoms with E-state index in [0.29, 0.717) is 17.5 Å². The second-order valence-corrected chi connectivity index (χ2v) is 6.84. The second kappa shape index (κ2) is 8.68. The molecule has 0 bridgehead atoms. The molecule has 1 aliphatic heterocycles. The maximum atomic E-state index is 10.3. The van der Waals surface area contributed by atoms with Gasteiger partial charge in [0.25, 0.3) is 0 Å². The van der Waals surface area contributed by atoms with Crippen LogP contribution in [0, 0.1) is 0 Å². The summed E-state index contributed by atoms with van der Waals surface area (Å²) in [6.07, 6.45) is 8.61. The van der Waals surface area contributed by atoms with E-state index in [1.807, 2.05) is 18.2 Å². The molecule has 0 spiro atoms. The Kier molecular flexibility index (Phi) is 6.25. The van der Waals surface area contributed by atoms with Gasteiger partial charge in [-0.05, 0) is 48.6 Å². The number of aromatic hydroxyl groups is 1. The molecule has 1 aromatic carbocycles. The largest absolute Gasteiger partial charge is 0.492 e. The Balaban J connectivity index is 0.00000120. The number of hydrogen-bond donors (Lipinski definition) is 3. The van der Waals surface area contributed by atoms with Gasteiger partial charge in [0.1, 0.15) is 5.69 Å². The molecule has 6 nitrogen and oxygen atoms in total. The van der Waals surface area contributed by atoms with Crippen molar-refractivity contribution in [1.29, 1.82) is 0 Å². The highest BCUT2D eigenvalue weighted by Gasteiger charge is 2.21. The first kappa shape index (κ1) is 20.9. The number of rotatable bonds is 3. The first-order valence-electron chi connectivity index (χ1n) is 9.12. The summed E-state index contributed by atoms with van der Waals surface area (Å²) in [5, 5.41) is 13.7. The van der Waals surface area contributed by atoms with Gasteiger partial charge in [0.05, 0.1) is 6.04 Å². The van der Waals surface area contributed by atoms with Gasteiger partial charge < -0.3 is 15.4 Å². The van der Waals surface area contributed by atoms with E-state index in [-0.39, 0.29) is 36.7 Å². The van der Waals surface area contributed by atoms with Crippen molar-refractivity contribution < 1.29 is 5.11 Å². The predicted octanol–water partition coefficient (Wildman–Crippen LogP) is 5.10. The van der Waals surface area contributed by atoms with Crippen LogP contribution in [0.4, 0.5) is 11.8 Å². The number of halogens is 2. The van der Waals surface area contributed by atoms with Crippen LogP contribution in [0.1, 0.15) is 41.3 Å². The summed E-state index contributed by atoms with van der Waals surface area (Å²) in [5.74, 6) is 1.24. The molecule has 3 aromatic rings. The van der Waals surface area contributed by atoms with Gasteiger partial charge in [0.15, 0.2) is 5.82 Å². The van der Waals surface area contributed by atoms with Crippen molar-refractivity contribution in [3.8, 4) is 5.88 Å². The molecule has 0 unspecified atom stereocenters. The fourth-order valence-electron chi connectivity index (χ4n) is 3.81. The number of hydrogen-bond acceptors (Lipinski definition) is 5. The summed E-state index contributed by atoms with van der Waals surface area (Å²) in [6, 6.07) is 12.5. The zero-order chi connectivity index (χ0) is 18.2. The molecule has 3 heterocycles. The van der Waals surface area contributed by atoms with Crippen molar-refractivity contribution in [1.82, 2.24) is 15.0 Å². The molecule has 0 saturated heterocycles. The van der Waals surface area contributed by atoms with Crippen molar-refractivity contribution in [2.75, 3.05) is 5.32 Å². The Labute approximate surface area is 181 Å². The lowest BCUT2D eigenvalue weighted by Gasteiger charge is -2.26. The number of pyridine rings is 1. The lowest BCUT2D eigenvalue weighted by atomic mass is 9.88. The minimum Gasteiger partial charge on any atom is -0.492 e. The molecule has 8 heteroatoms. The molecular weight excluding hydrogens is 409 g/mol. The summed E-state index contributed by atoms with van der Waals surface area (Å²) in [6.45, 7) is 0. The van der Waals surface area contributed by atoms with E-state index >= 15 is 0 Å². The van der Waals surface area contributed by atoms with Crippen molar-refractivity contribution in [2.45, 2.75) is 25.3 Å². The number of H-pyrrole nitrogens is 1. The van der Waals surface area contributed by atoms with Crippen LogP contribution in [0.5, 0.6) is 5.88 Å². The number of allylic oxidation sites excluding steroid dienone is 1. The number of aromatic nitrogens is 3. The third-order valence-electron chi connectivity index (χ3n) is 5.12. The van der Waals surface area contributed by atoms with Crippen molar-refractivity contribution in [3.63, 3.8) is 0 Å². The molecule has 1 atom stereocenters. The van der Waals surface area contributed by atoms with Gasteiger partial charge in [0.2, 0.25) is 11.8 Å². The van der Waals surface area contributed by atoms with Crippen LogP contribution in [-0.2, 0) is 6.42 Å². The van der Waals surface area contributed by atoms with E-state index in [1.165, 1.54) is 11.1 Å². The molecule has 0 saturated carbocycles. The number of benzene rings is 1. The van der Waals surface area contributed by atoms with E-state index in [0.717, 1.165) is 30.4 Å². The maximum Gasteiger partial charge on any atom is 0.238 e. The highest BCUT2D eigenvalue weighted by atomic mass is 35.5. The highest BCUT2D eigenvalue weighted by Crippen LogP contribution is 2.34. The first-order valence-corrected chi connectivity index (χ1v) is 9.12. The Hall–Kier alpha value is -2.83. The van der Waals surface area contributed by atoms with Crippen LogP contribution in [0.2, 0.25) is 0 Å². The molecule has 2 aromatic heterocycles. The van der Waals surface area contributed by atoms with Crippen LogP contribution in [0.15, 0.2) is 47.6 Å². The van der Waals surface area contributed by atoms with Crippen LogP contribution >= 0.6 is 24.8 Å². The van der Waals surface area contributed by atoms with Crippen molar-refractivity contribution >= 4 is 54.4 Å². The Morgan fingerprint density at radius 3 is 2.90 bits per heavy atom. The summed E-state index contributed by atoms with van der Waals surface area (Å²) in [4.78, 5) is 16.0. The molecule has 2 aliphatic rings. The van der Waals surface area contributed by atoms with E-state index in [2.05, 4.69) is 49.5 Å². The second-order valence-electron chi connectivity index (χ2n) is 6.84. The molecule has 29 heavy (non-hydrogen) atoms. The van der Waals surface area contributed by atoms with Crippen LogP contribution in [0.25, 0.3) is 11.6 Å². The van der Waals surface area contributed by atoms with E-state index in [4.69, 9.17) is 0 Å². The van der Waals surface area contributed by atoms with Crippen LogP contribution < -0.4 is 5.32 Å². The fraction of sp³-hybridized carbons (Fsp3) is 0.190. The summed E-state index contributed by atoms with van der Waals surface area (Å²) in [5.41, 5.74) is 5.08. The third-order valence-corrected chi connectivity index (χ3v) is 5.12. The smallest absolute Gasteiger partial charge is 0.238 e. The molecule has 5 rings (SSSR count). The number of nitrogens with zero attached hydrogens (tertiary/aromatic N) is 3. The first-order chi connectivity index (χ1) is 13.3. The summed E-state index contributed by atoms with van der Waals surface area (Å²) < 4.78 is 0. The van der Waals surface area contributed by atoms with Crippen LogP contribution in [0.3, 0.4) is 0 Å². The summed E-state index contributed by atoms with van der Waals surface area (Å²) >= 11 is 0. The number of fused-ring (bicyclic) bond motifs is 2. The van der Waals surface area contributed by atoms with E-state index in [9.17, 15) is 5.11 Å². The average Bonchev–Trinajstić information content (AvgIpc) is 3.26. The predicted molar refractivity (Wildman–Crippen MR) is 121 cm³/mol. The van der Waals surface area contributed by atoms with Gasteiger partial charge in [-0.2, -0.15) is 4.98 Å². The van der Waals surface area contributed by atoms with Gasteiger partial charge in [-0.25, -0.2) is 9.98 Å². The Bertz CT molecular complexity index is 1080. The average molecular weight is 430 g/mol. The normalized spacial score (nSPS) is 17.8. The van der Waals surface area contributed by atoms with Gasteiger partial charge >= 0.3 is 0 Å². The maximum absolute atomic E-state index is 10.3. The molecular formula is C21H21Cl2N5O. The molecule has 3 N–H and O–H groups in total. The zero-order valence-electron chi connectivity index (χ0n) is 15.5. The van der Waals surface area contributed by atoms with Gasteiger partial charge in [0, 0.05) is 23.5 Å². The highest BCUT2D eigenvalue weighted by molar-refractivity contribution is 6.20. The standard InChI is InChI=1S/C21H19N5O.2ClH/c27-20-18(11-14-12-23-19-16(14)8-4-10-22-19)25-21(26-20)24-17-9-3-6-13-5-1-2-7-15(13)17;;/h1-2,4-5,7-8,10-12,17,27H,3,6,9H2,(H2,24,25,26);2*1H/t17-;;/m0../s1.